The van der Waals surface area contributed by atoms with Gasteiger partial charge in [0.25, 0.3) is 0 Å². The van der Waals surface area contributed by atoms with Crippen molar-refractivity contribution < 1.29 is 14.4 Å². The fourth-order valence-electron chi connectivity index (χ4n) is 4.18. The molecule has 6 heteroatoms. The quantitative estimate of drug-likeness (QED) is 0.798. The maximum absolute atomic E-state index is 13.0. The number of Topliss-reactive ketones (excluding diaryl/α,β-unsaturated/α-hetero) is 2. The second kappa shape index (κ2) is 5.57. The third-order valence-corrected chi connectivity index (χ3v) is 6.49. The number of carbonyl (C=O) groups is 3. The predicted octanol–water partition coefficient (Wildman–Crippen LogP) is 4.14. The van der Waals surface area contributed by atoms with Gasteiger partial charge < -0.3 is 5.32 Å². The summed E-state index contributed by atoms with van der Waals surface area (Å²) in [6, 6.07) is 4.60. The van der Waals surface area contributed by atoms with Crippen molar-refractivity contribution in [1.82, 2.24) is 0 Å². The molecule has 1 aromatic carbocycles. The van der Waals surface area contributed by atoms with E-state index in [-0.39, 0.29) is 17.5 Å². The van der Waals surface area contributed by atoms with Crippen LogP contribution in [0.15, 0.2) is 18.2 Å². The van der Waals surface area contributed by atoms with Crippen LogP contribution in [0.5, 0.6) is 0 Å². The molecule has 1 aromatic rings. The van der Waals surface area contributed by atoms with Gasteiger partial charge in [0.15, 0.2) is 17.5 Å². The van der Waals surface area contributed by atoms with Gasteiger partial charge in [-0.3, -0.25) is 14.4 Å². The molecular formula is C18H19Cl2NO3. The van der Waals surface area contributed by atoms with E-state index in [0.29, 0.717) is 28.6 Å². The van der Waals surface area contributed by atoms with Crippen molar-refractivity contribution in [2.45, 2.75) is 33.6 Å². The average Bonchev–Trinajstić information content (AvgIpc) is 2.62. The van der Waals surface area contributed by atoms with Gasteiger partial charge in [-0.15, -0.1) is 0 Å². The number of nitrogens with one attached hydrogen (secondary N) is 1. The minimum atomic E-state index is -1.26. The summed E-state index contributed by atoms with van der Waals surface area (Å²) in [5, 5.41) is 3.35. The van der Waals surface area contributed by atoms with Crippen molar-refractivity contribution in [3.63, 3.8) is 0 Å². The molecule has 0 radical (unpaired) electrons. The molecule has 1 N–H and O–H groups in total. The maximum atomic E-state index is 13.0. The van der Waals surface area contributed by atoms with Crippen LogP contribution in [0, 0.1) is 22.7 Å². The highest BCUT2D eigenvalue weighted by molar-refractivity contribution is 6.35. The summed E-state index contributed by atoms with van der Waals surface area (Å²) in [5.74, 6) is -2.67. The lowest BCUT2D eigenvalue weighted by atomic mass is 9.55. The Morgan fingerprint density at radius 1 is 1.12 bits per heavy atom. The first-order valence-corrected chi connectivity index (χ1v) is 8.68. The Bertz CT molecular complexity index is 738. The van der Waals surface area contributed by atoms with E-state index < -0.39 is 22.7 Å². The summed E-state index contributed by atoms with van der Waals surface area (Å²) in [6.45, 7) is 5.77. The zero-order valence-electron chi connectivity index (χ0n) is 13.8. The van der Waals surface area contributed by atoms with Crippen molar-refractivity contribution in [1.29, 1.82) is 0 Å². The molecule has 0 heterocycles. The summed E-state index contributed by atoms with van der Waals surface area (Å²) in [4.78, 5) is 38.4. The molecule has 2 saturated carbocycles. The van der Waals surface area contributed by atoms with Crippen molar-refractivity contribution in [3.05, 3.63) is 28.2 Å². The van der Waals surface area contributed by atoms with Gasteiger partial charge in [-0.1, -0.05) is 44.0 Å². The third kappa shape index (κ3) is 2.39. The van der Waals surface area contributed by atoms with E-state index >= 15 is 0 Å². The molecule has 24 heavy (non-hydrogen) atoms. The fraction of sp³-hybridized carbons (Fsp3) is 0.500. The van der Waals surface area contributed by atoms with Gasteiger partial charge in [-0.2, -0.15) is 0 Å². The van der Waals surface area contributed by atoms with Crippen molar-refractivity contribution >= 4 is 46.4 Å². The number of amides is 1. The fourth-order valence-corrected chi connectivity index (χ4v) is 4.70. The number of halogens is 2. The largest absolute Gasteiger partial charge is 0.325 e. The lowest BCUT2D eigenvalue weighted by Crippen LogP contribution is -2.56. The van der Waals surface area contributed by atoms with Gasteiger partial charge in [0.2, 0.25) is 5.91 Å². The highest BCUT2D eigenvalue weighted by Crippen LogP contribution is 2.61. The number of ketones is 2. The van der Waals surface area contributed by atoms with E-state index in [1.54, 1.807) is 6.07 Å². The van der Waals surface area contributed by atoms with E-state index in [4.69, 9.17) is 23.2 Å². The smallest absolute Gasteiger partial charge is 0.242 e. The third-order valence-electron chi connectivity index (χ3n) is 6.05. The van der Waals surface area contributed by atoms with Crippen LogP contribution >= 0.6 is 23.2 Å². The molecule has 2 aliphatic rings. The Morgan fingerprint density at radius 2 is 1.71 bits per heavy atom. The van der Waals surface area contributed by atoms with Crippen LogP contribution in [-0.4, -0.2) is 17.5 Å². The van der Waals surface area contributed by atoms with Gasteiger partial charge in [-0.25, -0.2) is 0 Å². The first kappa shape index (κ1) is 17.4. The van der Waals surface area contributed by atoms with Gasteiger partial charge in [-0.05, 0) is 36.5 Å². The summed E-state index contributed by atoms with van der Waals surface area (Å²) in [6.07, 6.45) is 1.29. The lowest BCUT2D eigenvalue weighted by Gasteiger charge is -2.46. The molecular weight excluding hydrogens is 349 g/mol. The van der Waals surface area contributed by atoms with Crippen LogP contribution in [0.4, 0.5) is 5.69 Å². The highest BCUT2D eigenvalue weighted by Gasteiger charge is 2.66. The number of rotatable bonds is 2. The van der Waals surface area contributed by atoms with Gasteiger partial charge in [0, 0.05) is 27.1 Å². The Labute approximate surface area is 150 Å². The Balaban J connectivity index is 1.91. The van der Waals surface area contributed by atoms with Crippen molar-refractivity contribution in [2.75, 3.05) is 5.32 Å². The molecule has 0 spiro atoms. The second-order valence-electron chi connectivity index (χ2n) is 7.49. The van der Waals surface area contributed by atoms with E-state index in [0.717, 1.165) is 0 Å². The van der Waals surface area contributed by atoms with Crippen LogP contribution in [-0.2, 0) is 14.4 Å². The van der Waals surface area contributed by atoms with E-state index in [1.807, 2.05) is 20.8 Å². The molecule has 2 aliphatic carbocycles. The van der Waals surface area contributed by atoms with Crippen LogP contribution in [0.2, 0.25) is 10.0 Å². The van der Waals surface area contributed by atoms with Crippen LogP contribution in [0.1, 0.15) is 33.6 Å². The lowest BCUT2D eigenvalue weighted by molar-refractivity contribution is -0.156. The molecule has 4 nitrogen and oxygen atoms in total. The molecule has 0 aliphatic heterocycles. The zero-order valence-corrected chi connectivity index (χ0v) is 15.3. The molecule has 2 bridgehead atoms. The molecule has 0 aromatic heterocycles. The zero-order chi connectivity index (χ0) is 17.9. The van der Waals surface area contributed by atoms with E-state index in [1.165, 1.54) is 12.1 Å². The monoisotopic (exact) mass is 367 g/mol. The minimum Gasteiger partial charge on any atom is -0.325 e. The summed E-state index contributed by atoms with van der Waals surface area (Å²) >= 11 is 11.8. The average molecular weight is 368 g/mol. The Morgan fingerprint density at radius 3 is 2.29 bits per heavy atom. The van der Waals surface area contributed by atoms with Crippen LogP contribution < -0.4 is 5.32 Å². The number of anilines is 1. The molecule has 2 unspecified atom stereocenters. The molecule has 3 rings (SSSR count). The SMILES string of the molecule is CC1(C)C2CC[C@]1(C)C(=O)C(C(=O)Nc1cc(Cl)cc(Cl)c1)C2=O. The van der Waals surface area contributed by atoms with Crippen LogP contribution in [0.3, 0.4) is 0 Å². The summed E-state index contributed by atoms with van der Waals surface area (Å²) < 4.78 is 0. The Hall–Kier alpha value is -1.39. The van der Waals surface area contributed by atoms with Gasteiger partial charge in [0.1, 0.15) is 0 Å². The molecule has 2 fully saturated rings. The minimum absolute atomic E-state index is 0.265. The van der Waals surface area contributed by atoms with Crippen molar-refractivity contribution in [2.24, 2.45) is 22.7 Å². The predicted molar refractivity (Wildman–Crippen MR) is 93.2 cm³/mol. The van der Waals surface area contributed by atoms with Gasteiger partial charge in [0.05, 0.1) is 0 Å². The molecule has 128 valence electrons. The van der Waals surface area contributed by atoms with E-state index in [9.17, 15) is 14.4 Å². The standard InChI is InChI=1S/C18H19Cl2NO3/c1-17(2)12-4-5-18(17,3)15(23)13(14(12)22)16(24)21-11-7-9(19)6-10(20)8-11/h6-8,12-13H,4-5H2,1-3H3,(H,21,24)/t12?,13?,18-/m1/s1. The number of fused-ring (bicyclic) bond motifs is 2. The topological polar surface area (TPSA) is 63.2 Å². The normalized spacial score (nSPS) is 31.2. The summed E-state index contributed by atoms with van der Waals surface area (Å²) in [7, 11) is 0. The first-order chi connectivity index (χ1) is 11.1. The number of hydrogen-bond donors (Lipinski definition) is 1. The van der Waals surface area contributed by atoms with Crippen molar-refractivity contribution in [3.8, 4) is 0 Å². The maximum Gasteiger partial charge on any atom is 0.242 e. The Kier molecular flexibility index (Phi) is 4.04. The van der Waals surface area contributed by atoms with E-state index in [2.05, 4.69) is 5.32 Å². The highest BCUT2D eigenvalue weighted by atomic mass is 35.5. The molecule has 0 saturated heterocycles. The first-order valence-electron chi connectivity index (χ1n) is 7.93. The number of carbonyl (C=O) groups excluding carboxylic acids is 3. The molecule has 3 atom stereocenters. The second-order valence-corrected chi connectivity index (χ2v) is 8.36. The molecule has 1 amide bonds. The number of benzene rings is 1. The number of hydrogen-bond acceptors (Lipinski definition) is 3. The van der Waals surface area contributed by atoms with Crippen LogP contribution in [0.25, 0.3) is 0 Å². The van der Waals surface area contributed by atoms with Gasteiger partial charge >= 0.3 is 0 Å². The summed E-state index contributed by atoms with van der Waals surface area (Å²) in [5.41, 5.74) is -0.697.